The summed E-state index contributed by atoms with van der Waals surface area (Å²) >= 11 is 0. The van der Waals surface area contributed by atoms with E-state index in [1.165, 1.54) is 0 Å². The number of ether oxygens (including phenoxy) is 1. The summed E-state index contributed by atoms with van der Waals surface area (Å²) < 4.78 is 5.04. The monoisotopic (exact) mass is 263 g/mol. The summed E-state index contributed by atoms with van der Waals surface area (Å²) in [6, 6.07) is 7.23. The molecule has 1 saturated carbocycles. The Morgan fingerprint density at radius 3 is 2.53 bits per heavy atom. The maximum Gasteiger partial charge on any atom is 0.341 e. The summed E-state index contributed by atoms with van der Waals surface area (Å²) in [5.41, 5.74) is 1.08. The highest BCUT2D eigenvalue weighted by atomic mass is 16.5. The van der Waals surface area contributed by atoms with Gasteiger partial charge in [-0.1, -0.05) is 12.1 Å². The van der Waals surface area contributed by atoms with Crippen LogP contribution in [0.3, 0.4) is 0 Å². The lowest BCUT2D eigenvalue weighted by Gasteiger charge is -2.06. The van der Waals surface area contributed by atoms with Crippen LogP contribution < -0.4 is 10.1 Å². The van der Waals surface area contributed by atoms with Gasteiger partial charge in [0.05, 0.1) is 0 Å². The molecule has 1 amide bonds. The molecule has 1 aliphatic rings. The van der Waals surface area contributed by atoms with Crippen molar-refractivity contribution >= 4 is 11.9 Å². The van der Waals surface area contributed by atoms with Crippen molar-refractivity contribution in [3.63, 3.8) is 0 Å². The molecular formula is C14H17NO4. The molecule has 5 nitrogen and oxygen atoms in total. The third-order valence-corrected chi connectivity index (χ3v) is 2.95. The van der Waals surface area contributed by atoms with Crippen LogP contribution in [0.25, 0.3) is 0 Å². The summed E-state index contributed by atoms with van der Waals surface area (Å²) in [5.74, 6) is -0.0618. The third kappa shape index (κ3) is 4.62. The van der Waals surface area contributed by atoms with Crippen molar-refractivity contribution in [2.24, 2.45) is 5.92 Å². The smallest absolute Gasteiger partial charge is 0.341 e. The molecule has 0 aliphatic heterocycles. The number of benzene rings is 1. The zero-order valence-electron chi connectivity index (χ0n) is 10.6. The summed E-state index contributed by atoms with van der Waals surface area (Å²) in [4.78, 5) is 21.8. The lowest BCUT2D eigenvalue weighted by molar-refractivity contribution is -0.139. The van der Waals surface area contributed by atoms with Gasteiger partial charge in [0.15, 0.2) is 6.61 Å². The zero-order valence-corrected chi connectivity index (χ0v) is 10.6. The fraction of sp³-hybridized carbons (Fsp3) is 0.429. The molecule has 1 aliphatic carbocycles. The third-order valence-electron chi connectivity index (χ3n) is 2.95. The van der Waals surface area contributed by atoms with Gasteiger partial charge in [0.25, 0.3) is 0 Å². The van der Waals surface area contributed by atoms with Gasteiger partial charge in [0, 0.05) is 12.5 Å². The van der Waals surface area contributed by atoms with Gasteiger partial charge in [-0.25, -0.2) is 4.79 Å². The van der Waals surface area contributed by atoms with Crippen molar-refractivity contribution in [1.82, 2.24) is 5.32 Å². The highest BCUT2D eigenvalue weighted by Crippen LogP contribution is 2.28. The topological polar surface area (TPSA) is 75.6 Å². The van der Waals surface area contributed by atoms with Gasteiger partial charge in [0.2, 0.25) is 5.91 Å². The van der Waals surface area contributed by atoms with Crippen LogP contribution in [0.4, 0.5) is 0 Å². The lowest BCUT2D eigenvalue weighted by atomic mass is 10.1. The van der Waals surface area contributed by atoms with E-state index in [0.717, 1.165) is 24.8 Å². The molecule has 0 spiro atoms. The van der Waals surface area contributed by atoms with Crippen LogP contribution >= 0.6 is 0 Å². The number of carbonyl (C=O) groups excluding carboxylic acids is 1. The van der Waals surface area contributed by atoms with E-state index in [9.17, 15) is 9.59 Å². The van der Waals surface area contributed by atoms with Gasteiger partial charge in [-0.05, 0) is 37.0 Å². The highest BCUT2D eigenvalue weighted by Gasteiger charge is 2.28. The zero-order chi connectivity index (χ0) is 13.7. The number of hydrogen-bond donors (Lipinski definition) is 2. The van der Waals surface area contributed by atoms with Crippen molar-refractivity contribution in [1.29, 1.82) is 0 Å². The maximum atomic E-state index is 11.4. The largest absolute Gasteiger partial charge is 0.482 e. The summed E-state index contributed by atoms with van der Waals surface area (Å²) in [7, 11) is 0. The Balaban J connectivity index is 1.71. The average Bonchev–Trinajstić information content (AvgIpc) is 3.22. The van der Waals surface area contributed by atoms with Crippen LogP contribution in [-0.4, -0.2) is 30.1 Å². The normalized spacial score (nSPS) is 13.9. The fourth-order valence-corrected chi connectivity index (χ4v) is 1.72. The minimum Gasteiger partial charge on any atom is -0.482 e. The molecular weight excluding hydrogens is 246 g/mol. The van der Waals surface area contributed by atoms with Crippen LogP contribution in [0.5, 0.6) is 5.75 Å². The Bertz CT molecular complexity index is 451. The number of rotatable bonds is 7. The Kier molecular flexibility index (Phi) is 4.39. The molecule has 1 aromatic carbocycles. The van der Waals surface area contributed by atoms with E-state index in [1.54, 1.807) is 12.1 Å². The van der Waals surface area contributed by atoms with E-state index in [0.29, 0.717) is 12.3 Å². The first-order valence-electron chi connectivity index (χ1n) is 6.36. The Labute approximate surface area is 111 Å². The molecule has 102 valence electrons. The van der Waals surface area contributed by atoms with E-state index in [2.05, 4.69) is 5.32 Å². The summed E-state index contributed by atoms with van der Waals surface area (Å²) in [6.07, 6.45) is 2.79. The van der Waals surface area contributed by atoms with Gasteiger partial charge in [-0.2, -0.15) is 0 Å². The molecule has 5 heteroatoms. The minimum atomic E-state index is -0.994. The molecule has 0 atom stereocenters. The lowest BCUT2D eigenvalue weighted by Crippen LogP contribution is -2.26. The minimum absolute atomic E-state index is 0.154. The fourth-order valence-electron chi connectivity index (χ4n) is 1.72. The second kappa shape index (κ2) is 6.22. The SMILES string of the molecule is O=C(O)COc1ccc(CCNC(=O)C2CC2)cc1. The predicted octanol–water partition coefficient (Wildman–Crippen LogP) is 1.22. The predicted molar refractivity (Wildman–Crippen MR) is 69.0 cm³/mol. The number of nitrogens with one attached hydrogen (secondary N) is 1. The molecule has 0 heterocycles. The standard InChI is InChI=1S/C14H17NO4/c16-13(17)9-19-12-5-1-10(2-6-12)7-8-15-14(18)11-3-4-11/h1-2,5-6,11H,3-4,7-9H2,(H,15,18)(H,16,17). The number of amides is 1. The van der Waals surface area contributed by atoms with Crippen LogP contribution in [0.1, 0.15) is 18.4 Å². The van der Waals surface area contributed by atoms with Gasteiger partial charge < -0.3 is 15.2 Å². The van der Waals surface area contributed by atoms with Gasteiger partial charge in [-0.15, -0.1) is 0 Å². The van der Waals surface area contributed by atoms with Crippen LogP contribution in [0.15, 0.2) is 24.3 Å². The van der Waals surface area contributed by atoms with E-state index in [4.69, 9.17) is 9.84 Å². The molecule has 2 rings (SSSR count). The number of carbonyl (C=O) groups is 2. The Hall–Kier alpha value is -2.04. The summed E-state index contributed by atoms with van der Waals surface area (Å²) in [5, 5.41) is 11.4. The van der Waals surface area contributed by atoms with Crippen LogP contribution in [-0.2, 0) is 16.0 Å². The van der Waals surface area contributed by atoms with Crippen molar-refractivity contribution in [3.05, 3.63) is 29.8 Å². The van der Waals surface area contributed by atoms with E-state index >= 15 is 0 Å². The van der Waals surface area contributed by atoms with Crippen LogP contribution in [0.2, 0.25) is 0 Å². The van der Waals surface area contributed by atoms with Crippen molar-refractivity contribution < 1.29 is 19.4 Å². The second-order valence-corrected chi connectivity index (χ2v) is 4.64. The molecule has 2 N–H and O–H groups in total. The van der Waals surface area contributed by atoms with Gasteiger partial charge in [0.1, 0.15) is 5.75 Å². The van der Waals surface area contributed by atoms with Gasteiger partial charge >= 0.3 is 5.97 Å². The molecule has 1 aromatic rings. The second-order valence-electron chi connectivity index (χ2n) is 4.64. The first-order valence-corrected chi connectivity index (χ1v) is 6.36. The molecule has 1 fully saturated rings. The number of carboxylic acids is 1. The molecule has 19 heavy (non-hydrogen) atoms. The summed E-state index contributed by atoms with van der Waals surface area (Å²) in [6.45, 7) is 0.293. The first kappa shape index (κ1) is 13.4. The van der Waals surface area contributed by atoms with Gasteiger partial charge in [-0.3, -0.25) is 4.79 Å². The van der Waals surface area contributed by atoms with Crippen molar-refractivity contribution in [2.75, 3.05) is 13.2 Å². The molecule has 0 unspecified atom stereocenters. The first-order chi connectivity index (χ1) is 9.15. The van der Waals surface area contributed by atoms with Crippen molar-refractivity contribution in [3.8, 4) is 5.75 Å². The maximum absolute atomic E-state index is 11.4. The number of hydrogen-bond acceptors (Lipinski definition) is 3. The average molecular weight is 263 g/mol. The van der Waals surface area contributed by atoms with Crippen LogP contribution in [0, 0.1) is 5.92 Å². The van der Waals surface area contributed by atoms with E-state index in [-0.39, 0.29) is 18.4 Å². The van der Waals surface area contributed by atoms with Crippen molar-refractivity contribution in [2.45, 2.75) is 19.3 Å². The van der Waals surface area contributed by atoms with E-state index in [1.807, 2.05) is 12.1 Å². The Morgan fingerprint density at radius 1 is 1.26 bits per heavy atom. The molecule has 0 radical (unpaired) electrons. The highest BCUT2D eigenvalue weighted by molar-refractivity contribution is 5.80. The number of aliphatic carboxylic acids is 1. The molecule has 0 aromatic heterocycles. The molecule has 0 saturated heterocycles. The number of carboxylic acid groups (broad SMARTS) is 1. The quantitative estimate of drug-likeness (QED) is 0.775. The molecule has 0 bridgehead atoms. The van der Waals surface area contributed by atoms with E-state index < -0.39 is 5.97 Å². The Morgan fingerprint density at radius 2 is 1.95 bits per heavy atom.